The number of para-hydroxylation sites is 1. The molecular weight excluding hydrogens is 516 g/mol. The Morgan fingerprint density at radius 3 is 2.44 bits per heavy atom. The van der Waals surface area contributed by atoms with Crippen molar-refractivity contribution in [3.63, 3.8) is 0 Å². The molecule has 1 aromatic carbocycles. The minimum absolute atomic E-state index is 0.0321. The number of hydrogen-bond donors (Lipinski definition) is 0. The number of amides is 2. The molecule has 1 atom stereocenters. The summed E-state index contributed by atoms with van der Waals surface area (Å²) >= 11 is 0. The van der Waals surface area contributed by atoms with Crippen LogP contribution in [0.5, 0.6) is 0 Å². The van der Waals surface area contributed by atoms with Gasteiger partial charge in [0.05, 0.1) is 0 Å². The number of piperazine rings is 1. The number of allylic oxidation sites excluding steroid dienone is 4. The Morgan fingerprint density at radius 1 is 0.927 bits per heavy atom. The maximum absolute atomic E-state index is 14.0. The van der Waals surface area contributed by atoms with Crippen molar-refractivity contribution in [3.8, 4) is 0 Å². The second-order valence-corrected chi connectivity index (χ2v) is 11.8. The van der Waals surface area contributed by atoms with Crippen molar-refractivity contribution >= 4 is 17.5 Å². The molecule has 218 valence electrons. The maximum Gasteiger partial charge on any atom is 0.231 e. The molecule has 1 aliphatic carbocycles. The van der Waals surface area contributed by atoms with Crippen LogP contribution in [0.3, 0.4) is 0 Å². The Balaban J connectivity index is 1.05. The number of carbonyl (C=O) groups is 2. The zero-order chi connectivity index (χ0) is 28.2. The first-order valence-electron chi connectivity index (χ1n) is 15.3. The molecule has 1 aromatic rings. The molecule has 4 heterocycles. The van der Waals surface area contributed by atoms with E-state index in [2.05, 4.69) is 51.1 Å². The summed E-state index contributed by atoms with van der Waals surface area (Å²) in [6.07, 6.45) is 16.4. The van der Waals surface area contributed by atoms with Gasteiger partial charge in [-0.2, -0.15) is 0 Å². The van der Waals surface area contributed by atoms with Gasteiger partial charge in [-0.05, 0) is 50.2 Å². The molecular formula is C33H42N4O4. The van der Waals surface area contributed by atoms with Gasteiger partial charge in [-0.25, -0.2) is 0 Å². The first kappa shape index (κ1) is 27.6. The fourth-order valence-corrected chi connectivity index (χ4v) is 6.73. The lowest BCUT2D eigenvalue weighted by Gasteiger charge is -2.44. The van der Waals surface area contributed by atoms with Crippen molar-refractivity contribution < 1.29 is 19.1 Å². The van der Waals surface area contributed by atoms with Crippen LogP contribution in [-0.2, 0) is 25.5 Å². The molecule has 2 amide bonds. The van der Waals surface area contributed by atoms with Crippen molar-refractivity contribution in [1.82, 2.24) is 14.7 Å². The van der Waals surface area contributed by atoms with Gasteiger partial charge >= 0.3 is 0 Å². The molecule has 0 spiro atoms. The second kappa shape index (κ2) is 12.6. The lowest BCUT2D eigenvalue weighted by Crippen LogP contribution is -2.55. The smallest absolute Gasteiger partial charge is 0.231 e. The van der Waals surface area contributed by atoms with Gasteiger partial charge < -0.3 is 24.2 Å². The average Bonchev–Trinajstić information content (AvgIpc) is 3.02. The molecule has 8 heteroatoms. The highest BCUT2D eigenvalue weighted by Crippen LogP contribution is 2.34. The number of likely N-dealkylation sites (tertiary alicyclic amines) is 1. The van der Waals surface area contributed by atoms with Gasteiger partial charge in [0.1, 0.15) is 12.0 Å². The van der Waals surface area contributed by atoms with Gasteiger partial charge in [0.2, 0.25) is 17.7 Å². The molecule has 5 aliphatic rings. The van der Waals surface area contributed by atoms with Gasteiger partial charge in [0.15, 0.2) is 6.26 Å². The first-order valence-corrected chi connectivity index (χ1v) is 15.3. The van der Waals surface area contributed by atoms with E-state index in [-0.39, 0.29) is 23.8 Å². The van der Waals surface area contributed by atoms with Crippen molar-refractivity contribution in [3.05, 3.63) is 77.8 Å². The summed E-state index contributed by atoms with van der Waals surface area (Å²) in [6, 6.07) is 8.53. The van der Waals surface area contributed by atoms with E-state index in [1.807, 2.05) is 11.0 Å². The lowest BCUT2D eigenvalue weighted by atomic mass is 9.90. The predicted molar refractivity (Wildman–Crippen MR) is 158 cm³/mol. The van der Waals surface area contributed by atoms with E-state index < -0.39 is 0 Å². The first-order chi connectivity index (χ1) is 20.0. The van der Waals surface area contributed by atoms with E-state index in [1.165, 1.54) is 11.1 Å². The number of anilines is 1. The van der Waals surface area contributed by atoms with Crippen molar-refractivity contribution in [2.75, 3.05) is 50.7 Å². The van der Waals surface area contributed by atoms with Crippen LogP contribution < -0.4 is 4.90 Å². The van der Waals surface area contributed by atoms with Gasteiger partial charge in [0, 0.05) is 76.8 Å². The molecule has 0 bridgehead atoms. The molecule has 1 unspecified atom stereocenters. The number of aryl methyl sites for hydroxylation is 1. The molecule has 2 fully saturated rings. The summed E-state index contributed by atoms with van der Waals surface area (Å²) in [6.45, 7) is 7.35. The van der Waals surface area contributed by atoms with Crippen molar-refractivity contribution in [2.45, 2.75) is 57.9 Å². The van der Waals surface area contributed by atoms with Gasteiger partial charge in [-0.1, -0.05) is 42.0 Å². The highest BCUT2D eigenvalue weighted by atomic mass is 16.6. The number of benzene rings is 1. The Morgan fingerprint density at radius 2 is 1.73 bits per heavy atom. The number of hydrogen-bond acceptors (Lipinski definition) is 6. The largest absolute Gasteiger partial charge is 0.460 e. The Hall–Kier alpha value is -3.52. The summed E-state index contributed by atoms with van der Waals surface area (Å²) in [4.78, 5) is 34.5. The predicted octanol–water partition coefficient (Wildman–Crippen LogP) is 4.56. The van der Waals surface area contributed by atoms with E-state index in [0.29, 0.717) is 13.1 Å². The van der Waals surface area contributed by atoms with Crippen LogP contribution in [-0.4, -0.2) is 78.4 Å². The normalized spacial score (nSPS) is 23.6. The van der Waals surface area contributed by atoms with Crippen LogP contribution in [0.25, 0.3) is 0 Å². The highest BCUT2D eigenvalue weighted by Gasteiger charge is 2.37. The molecule has 0 N–H and O–H groups in total. The Kier molecular flexibility index (Phi) is 8.46. The summed E-state index contributed by atoms with van der Waals surface area (Å²) in [7, 11) is 0. The van der Waals surface area contributed by atoms with Gasteiger partial charge in [0.25, 0.3) is 0 Å². The fraction of sp³-hybridized carbons (Fsp3) is 0.515. The van der Waals surface area contributed by atoms with Gasteiger partial charge in [-0.15, -0.1) is 0 Å². The monoisotopic (exact) mass is 558 g/mol. The Labute approximate surface area is 243 Å². The van der Waals surface area contributed by atoms with Gasteiger partial charge in [-0.3, -0.25) is 14.5 Å². The highest BCUT2D eigenvalue weighted by molar-refractivity contribution is 5.97. The standard InChI is InChI=1S/C33H42N4O4/c1-25(38)35-15-13-28(14-16-35)33(39)37-29(12-11-27-9-5-6-10-31(27)37)22-34-17-19-36(20-18-34)32-24-40-30(23-41-32)21-26-7-3-2-4-8-26/h2-3,5-7,9-10,23-24,28-29H,4,8,11-22H2,1H3. The number of piperidine rings is 1. The molecule has 6 rings (SSSR count). The summed E-state index contributed by atoms with van der Waals surface area (Å²) in [5.74, 6) is 1.91. The third-order valence-electron chi connectivity index (χ3n) is 9.17. The van der Waals surface area contributed by atoms with E-state index >= 15 is 0 Å². The molecule has 41 heavy (non-hydrogen) atoms. The van der Waals surface area contributed by atoms with Crippen LogP contribution >= 0.6 is 0 Å². The van der Waals surface area contributed by atoms with Crippen molar-refractivity contribution in [2.24, 2.45) is 5.92 Å². The Bertz CT molecular complexity index is 1250. The topological polar surface area (TPSA) is 65.6 Å². The zero-order valence-electron chi connectivity index (χ0n) is 24.2. The third kappa shape index (κ3) is 6.38. The molecule has 2 saturated heterocycles. The van der Waals surface area contributed by atoms with E-state index in [0.717, 1.165) is 95.0 Å². The minimum Gasteiger partial charge on any atom is -0.460 e. The molecule has 4 aliphatic heterocycles. The van der Waals surface area contributed by atoms with Crippen LogP contribution in [0.15, 0.2) is 72.2 Å². The number of rotatable bonds is 6. The van der Waals surface area contributed by atoms with Crippen LogP contribution in [0.1, 0.15) is 51.0 Å². The third-order valence-corrected chi connectivity index (χ3v) is 9.17. The van der Waals surface area contributed by atoms with Crippen LogP contribution in [0, 0.1) is 5.92 Å². The number of fused-ring (bicyclic) bond motifs is 1. The van der Waals surface area contributed by atoms with Crippen molar-refractivity contribution in [1.29, 1.82) is 0 Å². The molecule has 0 saturated carbocycles. The summed E-state index contributed by atoms with van der Waals surface area (Å²) in [5.41, 5.74) is 3.70. The maximum atomic E-state index is 14.0. The number of ether oxygens (including phenoxy) is 2. The SMILES string of the molecule is CC(=O)N1CCC(C(=O)N2c3ccccc3CCC2CN2CCN(C3=COC(CC4=CC=CCC4)=CO3)CC2)CC1. The van der Waals surface area contributed by atoms with Crippen LogP contribution in [0.2, 0.25) is 0 Å². The molecule has 8 nitrogen and oxygen atoms in total. The summed E-state index contributed by atoms with van der Waals surface area (Å²) < 4.78 is 11.9. The van der Waals surface area contributed by atoms with Crippen LogP contribution in [0.4, 0.5) is 5.69 Å². The minimum atomic E-state index is -0.0321. The van der Waals surface area contributed by atoms with E-state index in [1.54, 1.807) is 19.4 Å². The number of carbonyl (C=O) groups excluding carboxylic acids is 2. The molecule has 0 radical (unpaired) electrons. The number of nitrogens with zero attached hydrogens (tertiary/aromatic N) is 4. The summed E-state index contributed by atoms with van der Waals surface area (Å²) in [5, 5.41) is 0. The molecule has 0 aromatic heterocycles. The van der Waals surface area contributed by atoms with E-state index in [4.69, 9.17) is 9.47 Å². The second-order valence-electron chi connectivity index (χ2n) is 11.8. The van der Waals surface area contributed by atoms with E-state index in [9.17, 15) is 9.59 Å². The average molecular weight is 559 g/mol. The quantitative estimate of drug-likeness (QED) is 0.510. The zero-order valence-corrected chi connectivity index (χ0v) is 24.2. The lowest BCUT2D eigenvalue weighted by molar-refractivity contribution is -0.133. The fourth-order valence-electron chi connectivity index (χ4n) is 6.73.